The summed E-state index contributed by atoms with van der Waals surface area (Å²) in [5, 5.41) is 24.8. The van der Waals surface area contributed by atoms with Crippen LogP contribution >= 0.6 is 0 Å². The number of rotatable bonds is 3. The van der Waals surface area contributed by atoms with Gasteiger partial charge in [-0.3, -0.25) is 10.3 Å². The molecular formula is C22H27N3O3. The molecule has 1 fully saturated rings. The van der Waals surface area contributed by atoms with E-state index in [1.165, 1.54) is 0 Å². The van der Waals surface area contributed by atoms with Gasteiger partial charge in [-0.1, -0.05) is 24.3 Å². The molecular weight excluding hydrogens is 354 g/mol. The molecule has 0 saturated carbocycles. The van der Waals surface area contributed by atoms with Crippen molar-refractivity contribution < 1.29 is 14.9 Å². The summed E-state index contributed by atoms with van der Waals surface area (Å²) in [6, 6.07) is 12.8. The molecule has 1 spiro atoms. The van der Waals surface area contributed by atoms with Crippen LogP contribution in [0.15, 0.2) is 47.5 Å². The smallest absolute Gasteiger partial charge is 0.162 e. The number of phenols is 2. The fourth-order valence-electron chi connectivity index (χ4n) is 4.21. The van der Waals surface area contributed by atoms with Crippen molar-refractivity contribution in [1.82, 2.24) is 10.2 Å². The van der Waals surface area contributed by atoms with Crippen molar-refractivity contribution in [3.05, 3.63) is 53.6 Å². The molecule has 6 nitrogen and oxygen atoms in total. The molecule has 2 aliphatic rings. The van der Waals surface area contributed by atoms with Crippen LogP contribution in [0, 0.1) is 0 Å². The predicted octanol–water partition coefficient (Wildman–Crippen LogP) is 3.05. The van der Waals surface area contributed by atoms with E-state index in [0.29, 0.717) is 12.2 Å². The van der Waals surface area contributed by atoms with Gasteiger partial charge in [0.2, 0.25) is 0 Å². The summed E-state index contributed by atoms with van der Waals surface area (Å²) in [6.45, 7) is 1.89. The zero-order valence-electron chi connectivity index (χ0n) is 16.4. The van der Waals surface area contributed by atoms with Gasteiger partial charge in [-0.05, 0) is 38.1 Å². The fourth-order valence-corrected chi connectivity index (χ4v) is 4.21. The van der Waals surface area contributed by atoms with Crippen molar-refractivity contribution in [3.8, 4) is 17.2 Å². The molecule has 1 saturated heterocycles. The Morgan fingerprint density at radius 2 is 1.86 bits per heavy atom. The minimum absolute atomic E-state index is 0.120. The van der Waals surface area contributed by atoms with Crippen LogP contribution in [-0.4, -0.2) is 53.7 Å². The van der Waals surface area contributed by atoms with Gasteiger partial charge < -0.3 is 19.8 Å². The lowest BCUT2D eigenvalue weighted by atomic mass is 9.87. The number of likely N-dealkylation sites (tertiary alicyclic amines) is 1. The second-order valence-electron chi connectivity index (χ2n) is 7.71. The fraction of sp³-hybridized carbons (Fsp3) is 0.409. The second-order valence-corrected chi connectivity index (χ2v) is 7.71. The van der Waals surface area contributed by atoms with E-state index in [-0.39, 0.29) is 17.5 Å². The van der Waals surface area contributed by atoms with Crippen LogP contribution in [0.3, 0.4) is 0 Å². The number of nitrogens with one attached hydrogen (secondary N) is 1. The third-order valence-corrected chi connectivity index (χ3v) is 5.84. The number of piperidine rings is 1. The Kier molecular flexibility index (Phi) is 5.00. The lowest BCUT2D eigenvalue weighted by molar-refractivity contribution is 0.144. The van der Waals surface area contributed by atoms with Gasteiger partial charge in [-0.25, -0.2) is 0 Å². The highest BCUT2D eigenvalue weighted by Gasteiger charge is 2.40. The van der Waals surface area contributed by atoms with Crippen LogP contribution < -0.4 is 10.1 Å². The largest absolute Gasteiger partial charge is 0.507 e. The summed E-state index contributed by atoms with van der Waals surface area (Å²) >= 11 is 0. The van der Waals surface area contributed by atoms with Crippen molar-refractivity contribution in [1.29, 1.82) is 0 Å². The minimum atomic E-state index is -0.400. The minimum Gasteiger partial charge on any atom is -0.507 e. The van der Waals surface area contributed by atoms with Crippen LogP contribution in [-0.2, 0) is 0 Å². The van der Waals surface area contributed by atoms with Gasteiger partial charge in [-0.2, -0.15) is 0 Å². The summed E-state index contributed by atoms with van der Waals surface area (Å²) in [4.78, 5) is 7.39. The van der Waals surface area contributed by atoms with E-state index >= 15 is 0 Å². The molecule has 6 heteroatoms. The van der Waals surface area contributed by atoms with Gasteiger partial charge in [0.1, 0.15) is 11.4 Å². The van der Waals surface area contributed by atoms with E-state index in [4.69, 9.17) is 9.73 Å². The van der Waals surface area contributed by atoms with Gasteiger partial charge in [0.15, 0.2) is 11.5 Å². The van der Waals surface area contributed by atoms with Crippen molar-refractivity contribution in [2.45, 2.75) is 31.0 Å². The molecule has 2 heterocycles. The number of methoxy groups -OCH3 is 1. The highest BCUT2D eigenvalue weighted by molar-refractivity contribution is 6.03. The third kappa shape index (κ3) is 3.45. The zero-order chi connectivity index (χ0) is 19.7. The average Bonchev–Trinajstić information content (AvgIpc) is 2.71. The first-order valence-corrected chi connectivity index (χ1v) is 9.70. The van der Waals surface area contributed by atoms with E-state index in [0.717, 1.165) is 42.8 Å². The van der Waals surface area contributed by atoms with Gasteiger partial charge in [0.25, 0.3) is 0 Å². The topological polar surface area (TPSA) is 77.3 Å². The Labute approximate surface area is 165 Å². The van der Waals surface area contributed by atoms with Crippen LogP contribution in [0.2, 0.25) is 0 Å². The second kappa shape index (κ2) is 7.45. The van der Waals surface area contributed by atoms with Gasteiger partial charge in [-0.15, -0.1) is 0 Å². The molecule has 28 heavy (non-hydrogen) atoms. The maximum absolute atomic E-state index is 10.7. The third-order valence-electron chi connectivity index (χ3n) is 5.84. The van der Waals surface area contributed by atoms with E-state index in [1.807, 2.05) is 30.3 Å². The van der Waals surface area contributed by atoms with Crippen molar-refractivity contribution >= 4 is 5.71 Å². The molecule has 2 aromatic rings. The molecule has 0 radical (unpaired) electrons. The monoisotopic (exact) mass is 381 g/mol. The number of aliphatic imine (C=N–C) groups is 1. The maximum Gasteiger partial charge on any atom is 0.162 e. The molecule has 4 rings (SSSR count). The van der Waals surface area contributed by atoms with Gasteiger partial charge >= 0.3 is 0 Å². The van der Waals surface area contributed by atoms with Crippen LogP contribution in [0.1, 0.15) is 36.4 Å². The van der Waals surface area contributed by atoms with Crippen LogP contribution in [0.4, 0.5) is 0 Å². The Bertz CT molecular complexity index is 888. The standard InChI is InChI=1S/C22H27N3O3/c1-25-12-10-22(11-13-25)23-17(15-6-3-4-8-19(15)26)14-18(24-22)16-7-5-9-20(28-2)21(16)27/h3-9,18,24,26-27H,10-14H2,1-2H3. The van der Waals surface area contributed by atoms with Gasteiger partial charge in [0.05, 0.1) is 7.11 Å². The first-order chi connectivity index (χ1) is 13.5. The van der Waals surface area contributed by atoms with Crippen LogP contribution in [0.5, 0.6) is 17.2 Å². The summed E-state index contributed by atoms with van der Waals surface area (Å²) in [5.41, 5.74) is 2.02. The van der Waals surface area contributed by atoms with E-state index < -0.39 is 5.66 Å². The number of para-hydroxylation sites is 2. The summed E-state index contributed by atoms with van der Waals surface area (Å²) < 4.78 is 5.30. The number of hydrogen-bond donors (Lipinski definition) is 3. The van der Waals surface area contributed by atoms with Crippen molar-refractivity contribution in [2.75, 3.05) is 27.2 Å². The van der Waals surface area contributed by atoms with Crippen LogP contribution in [0.25, 0.3) is 0 Å². The average molecular weight is 381 g/mol. The molecule has 2 aliphatic heterocycles. The summed E-state index contributed by atoms with van der Waals surface area (Å²) in [7, 11) is 3.68. The maximum atomic E-state index is 10.7. The molecule has 0 amide bonds. The first-order valence-electron chi connectivity index (χ1n) is 9.70. The Morgan fingerprint density at radius 3 is 2.57 bits per heavy atom. The molecule has 0 bridgehead atoms. The Hall–Kier alpha value is -2.57. The van der Waals surface area contributed by atoms with Gasteiger partial charge in [0, 0.05) is 42.4 Å². The number of hydrogen-bond acceptors (Lipinski definition) is 6. The SMILES string of the molecule is COc1cccc(C2CC(c3ccccc3O)=NC3(CCN(C)CC3)N2)c1O. The number of benzene rings is 2. The van der Waals surface area contributed by atoms with Crippen molar-refractivity contribution in [3.63, 3.8) is 0 Å². The van der Waals surface area contributed by atoms with Crippen molar-refractivity contribution in [2.24, 2.45) is 4.99 Å². The molecule has 3 N–H and O–H groups in total. The summed E-state index contributed by atoms with van der Waals surface area (Å²) in [6.07, 6.45) is 2.33. The highest BCUT2D eigenvalue weighted by atomic mass is 16.5. The highest BCUT2D eigenvalue weighted by Crippen LogP contribution is 2.41. The molecule has 1 unspecified atom stereocenters. The molecule has 0 aliphatic carbocycles. The normalized spacial score (nSPS) is 22.1. The number of nitrogens with zero attached hydrogens (tertiary/aromatic N) is 2. The quantitative estimate of drug-likeness (QED) is 0.762. The van der Waals surface area contributed by atoms with E-state index in [2.05, 4.69) is 17.3 Å². The number of ether oxygens (including phenoxy) is 1. The predicted molar refractivity (Wildman–Crippen MR) is 109 cm³/mol. The molecule has 148 valence electrons. The zero-order valence-corrected chi connectivity index (χ0v) is 16.4. The van der Waals surface area contributed by atoms with E-state index in [9.17, 15) is 10.2 Å². The molecule has 0 aromatic heterocycles. The Balaban J connectivity index is 1.77. The molecule has 1 atom stereocenters. The lowest BCUT2D eigenvalue weighted by Crippen LogP contribution is -2.55. The Morgan fingerprint density at radius 1 is 1.11 bits per heavy atom. The number of phenolic OH excluding ortho intramolecular Hbond substituents is 2. The van der Waals surface area contributed by atoms with E-state index in [1.54, 1.807) is 19.2 Å². The summed E-state index contributed by atoms with van der Waals surface area (Å²) in [5.74, 6) is 0.854. The first kappa shape index (κ1) is 18.8. The molecule has 2 aromatic carbocycles. The number of aromatic hydroxyl groups is 2. The lowest BCUT2D eigenvalue weighted by Gasteiger charge is -2.44.